The summed E-state index contributed by atoms with van der Waals surface area (Å²) in [5, 5.41) is 2.02. The molecule has 1 amide bonds. The molecule has 0 heterocycles. The molecule has 0 aliphatic carbocycles. The van der Waals surface area contributed by atoms with Gasteiger partial charge in [-0.25, -0.2) is 13.2 Å². The van der Waals surface area contributed by atoms with Crippen molar-refractivity contribution in [1.82, 2.24) is 5.32 Å². The fraction of sp³-hybridized carbons (Fsp3) is 0.250. The molecule has 1 atom stereocenters. The molecule has 0 aromatic heterocycles. The Labute approximate surface area is 180 Å². The molecule has 5 N–H and O–H groups in total. The summed E-state index contributed by atoms with van der Waals surface area (Å²) in [6.45, 7) is 0.00683. The first-order chi connectivity index (χ1) is 14.7. The summed E-state index contributed by atoms with van der Waals surface area (Å²) in [5.41, 5.74) is 12.7. The summed E-state index contributed by atoms with van der Waals surface area (Å²) >= 11 is 0. The maximum atomic E-state index is 12.0. The van der Waals surface area contributed by atoms with Gasteiger partial charge in [-0.2, -0.15) is 0 Å². The quantitative estimate of drug-likeness (QED) is 0.291. The van der Waals surface area contributed by atoms with Gasteiger partial charge in [0.2, 0.25) is 5.96 Å². The number of nitrogens with one attached hydrogen (secondary N) is 1. The van der Waals surface area contributed by atoms with Gasteiger partial charge in [-0.3, -0.25) is 10.1 Å². The van der Waals surface area contributed by atoms with Crippen molar-refractivity contribution in [3.63, 3.8) is 0 Å². The van der Waals surface area contributed by atoms with Crippen LogP contribution in [0.1, 0.15) is 17.5 Å². The SMILES string of the molecule is N/C(=N\S(=O)(=O)CC[C@H](N)C(=O)OCc1ccccc1)NC(=O)OCc1ccccc1. The fourth-order valence-electron chi connectivity index (χ4n) is 2.31. The average Bonchev–Trinajstić information content (AvgIpc) is 2.75. The first-order valence-corrected chi connectivity index (χ1v) is 10.9. The van der Waals surface area contributed by atoms with Crippen LogP contribution in [0.15, 0.2) is 65.1 Å². The van der Waals surface area contributed by atoms with Gasteiger partial charge < -0.3 is 20.9 Å². The van der Waals surface area contributed by atoms with Crippen LogP contribution in [-0.4, -0.2) is 38.2 Å². The molecule has 0 unspecified atom stereocenters. The highest BCUT2D eigenvalue weighted by Crippen LogP contribution is 2.05. The summed E-state index contributed by atoms with van der Waals surface area (Å²) in [6.07, 6.45) is -1.19. The lowest BCUT2D eigenvalue weighted by Crippen LogP contribution is -2.38. The first-order valence-electron chi connectivity index (χ1n) is 9.27. The number of sulfonamides is 1. The third-order valence-electron chi connectivity index (χ3n) is 3.89. The lowest BCUT2D eigenvalue weighted by molar-refractivity contribution is -0.146. The molecule has 2 aromatic carbocycles. The number of nitrogens with two attached hydrogens (primary N) is 2. The molecule has 0 saturated carbocycles. The van der Waals surface area contributed by atoms with E-state index in [1.807, 2.05) is 17.4 Å². The van der Waals surface area contributed by atoms with E-state index >= 15 is 0 Å². The number of esters is 1. The van der Waals surface area contributed by atoms with Crippen molar-refractivity contribution in [1.29, 1.82) is 0 Å². The Morgan fingerprint density at radius 2 is 1.45 bits per heavy atom. The third-order valence-corrected chi connectivity index (χ3v) is 5.12. The van der Waals surface area contributed by atoms with E-state index < -0.39 is 39.8 Å². The summed E-state index contributed by atoms with van der Waals surface area (Å²) < 4.78 is 37.3. The van der Waals surface area contributed by atoms with Gasteiger partial charge >= 0.3 is 12.1 Å². The maximum absolute atomic E-state index is 12.0. The molecule has 10 nitrogen and oxygen atoms in total. The minimum Gasteiger partial charge on any atom is -0.460 e. The molecule has 2 aromatic rings. The molecule has 0 bridgehead atoms. The monoisotopic (exact) mass is 448 g/mol. The van der Waals surface area contributed by atoms with Gasteiger partial charge in [0.1, 0.15) is 19.3 Å². The summed E-state index contributed by atoms with van der Waals surface area (Å²) in [5.74, 6) is -1.95. The third kappa shape index (κ3) is 9.28. The highest BCUT2D eigenvalue weighted by molar-refractivity contribution is 7.90. The molecule has 11 heteroatoms. The molecular formula is C20H24N4O6S. The number of amides is 1. The average molecular weight is 449 g/mol. The number of alkyl carbamates (subject to hydrolysis) is 1. The minimum atomic E-state index is -4.08. The second kappa shape index (κ2) is 11.7. The van der Waals surface area contributed by atoms with E-state index in [0.29, 0.717) is 0 Å². The number of hydrogen-bond donors (Lipinski definition) is 3. The molecule has 0 saturated heterocycles. The van der Waals surface area contributed by atoms with Crippen LogP contribution in [-0.2, 0) is 37.5 Å². The van der Waals surface area contributed by atoms with Crippen molar-refractivity contribution in [2.45, 2.75) is 25.7 Å². The van der Waals surface area contributed by atoms with Gasteiger partial charge in [-0.1, -0.05) is 60.7 Å². The maximum Gasteiger partial charge on any atom is 0.414 e. The van der Waals surface area contributed by atoms with Crippen molar-refractivity contribution in [2.24, 2.45) is 15.9 Å². The van der Waals surface area contributed by atoms with Crippen LogP contribution >= 0.6 is 0 Å². The first kappa shape index (κ1) is 23.8. The van der Waals surface area contributed by atoms with Crippen LogP contribution in [0.2, 0.25) is 0 Å². The summed E-state index contributed by atoms with van der Waals surface area (Å²) in [7, 11) is -4.08. The van der Waals surface area contributed by atoms with E-state index in [1.54, 1.807) is 48.5 Å². The lowest BCUT2D eigenvalue weighted by Gasteiger charge is -2.11. The predicted octanol–water partition coefficient (Wildman–Crippen LogP) is 1.02. The fourth-order valence-corrected chi connectivity index (χ4v) is 3.30. The van der Waals surface area contributed by atoms with Crippen molar-refractivity contribution < 1.29 is 27.5 Å². The Bertz CT molecular complexity index is 997. The van der Waals surface area contributed by atoms with Crippen LogP contribution in [0.25, 0.3) is 0 Å². The lowest BCUT2D eigenvalue weighted by atomic mass is 10.2. The van der Waals surface area contributed by atoms with Gasteiger partial charge in [0, 0.05) is 0 Å². The normalized spacial score (nSPS) is 12.6. The molecule has 0 aliphatic rings. The highest BCUT2D eigenvalue weighted by atomic mass is 32.2. The minimum absolute atomic E-state index is 0.0212. The molecule has 0 spiro atoms. The second-order valence-electron chi connectivity index (χ2n) is 6.44. The summed E-state index contributed by atoms with van der Waals surface area (Å²) in [4.78, 5) is 23.6. The number of hydrogen-bond acceptors (Lipinski definition) is 7. The largest absolute Gasteiger partial charge is 0.460 e. The Morgan fingerprint density at radius 3 is 2.00 bits per heavy atom. The zero-order valence-electron chi connectivity index (χ0n) is 16.6. The van der Waals surface area contributed by atoms with E-state index in [9.17, 15) is 18.0 Å². The smallest absolute Gasteiger partial charge is 0.414 e. The molecule has 166 valence electrons. The number of nitrogens with zero attached hydrogens (tertiary/aromatic N) is 1. The van der Waals surface area contributed by atoms with E-state index in [-0.39, 0.29) is 19.6 Å². The second-order valence-corrected chi connectivity index (χ2v) is 8.19. The molecule has 31 heavy (non-hydrogen) atoms. The molecule has 2 rings (SSSR count). The zero-order valence-corrected chi connectivity index (χ0v) is 17.5. The van der Waals surface area contributed by atoms with Crippen molar-refractivity contribution in [3.8, 4) is 0 Å². The van der Waals surface area contributed by atoms with Crippen LogP contribution in [0.3, 0.4) is 0 Å². The van der Waals surface area contributed by atoms with E-state index in [0.717, 1.165) is 11.1 Å². The van der Waals surface area contributed by atoms with Gasteiger partial charge in [-0.15, -0.1) is 4.40 Å². The zero-order chi connectivity index (χ0) is 22.7. The van der Waals surface area contributed by atoms with Gasteiger partial charge in [-0.05, 0) is 17.5 Å². The molecule has 0 fully saturated rings. The predicted molar refractivity (Wildman–Crippen MR) is 114 cm³/mol. The standard InChI is InChI=1S/C20H24N4O6S/c21-17(18(25)29-13-15-7-3-1-4-8-15)11-12-31(27,28)24-19(22)23-20(26)30-14-16-9-5-2-6-10-16/h1-10,17H,11-14,21H2,(H3,22,23,24,26)/t17-/m0/s1. The van der Waals surface area contributed by atoms with Crippen LogP contribution in [0.5, 0.6) is 0 Å². The van der Waals surface area contributed by atoms with Gasteiger partial charge in [0.05, 0.1) is 5.75 Å². The number of carbonyl (C=O) groups is 2. The van der Waals surface area contributed by atoms with Crippen molar-refractivity contribution in [3.05, 3.63) is 71.8 Å². The summed E-state index contributed by atoms with van der Waals surface area (Å²) in [6, 6.07) is 16.7. The Balaban J connectivity index is 1.76. The highest BCUT2D eigenvalue weighted by Gasteiger charge is 2.20. The van der Waals surface area contributed by atoms with Crippen LogP contribution in [0.4, 0.5) is 4.79 Å². The van der Waals surface area contributed by atoms with E-state index in [4.69, 9.17) is 20.9 Å². The van der Waals surface area contributed by atoms with Crippen LogP contribution < -0.4 is 16.8 Å². The van der Waals surface area contributed by atoms with Crippen molar-refractivity contribution >= 4 is 28.0 Å². The Kier molecular flexibility index (Phi) is 8.97. The molecule has 0 aliphatic heterocycles. The van der Waals surface area contributed by atoms with Crippen LogP contribution in [0, 0.1) is 0 Å². The molecular weight excluding hydrogens is 424 g/mol. The number of guanidine groups is 1. The van der Waals surface area contributed by atoms with E-state index in [2.05, 4.69) is 4.40 Å². The number of carbonyl (C=O) groups excluding carboxylic acids is 2. The number of benzene rings is 2. The van der Waals surface area contributed by atoms with E-state index in [1.165, 1.54) is 0 Å². The Morgan fingerprint density at radius 1 is 0.935 bits per heavy atom. The van der Waals surface area contributed by atoms with Gasteiger partial charge in [0.15, 0.2) is 0 Å². The Hall–Kier alpha value is -3.44. The van der Waals surface area contributed by atoms with Gasteiger partial charge in [0.25, 0.3) is 10.0 Å². The number of rotatable bonds is 9. The topological polar surface area (TPSA) is 163 Å². The molecule has 0 radical (unpaired) electrons. The van der Waals surface area contributed by atoms with Crippen molar-refractivity contribution in [2.75, 3.05) is 5.75 Å². The number of ether oxygens (including phenoxy) is 2.